The second kappa shape index (κ2) is 13.1. The highest BCUT2D eigenvalue weighted by atomic mass is 32.2. The molecule has 2 aliphatic rings. The van der Waals surface area contributed by atoms with E-state index in [0.29, 0.717) is 17.1 Å². The molecule has 10 nitrogen and oxygen atoms in total. The van der Waals surface area contributed by atoms with Crippen molar-refractivity contribution in [3.8, 4) is 5.75 Å². The Hall–Kier alpha value is -4.64. The maximum Gasteiger partial charge on any atom is 0.408 e. The summed E-state index contributed by atoms with van der Waals surface area (Å²) in [6.45, 7) is 5.44. The molecular formula is C32H32N4O6S. The van der Waals surface area contributed by atoms with E-state index in [2.05, 4.69) is 15.3 Å². The summed E-state index contributed by atoms with van der Waals surface area (Å²) in [5, 5.41) is 2.17. The lowest BCUT2D eigenvalue weighted by Gasteiger charge is -2.49. The number of allylic oxidation sites excluding steroid dienone is 1. The Morgan fingerprint density at radius 1 is 1.05 bits per heavy atom. The van der Waals surface area contributed by atoms with Crippen molar-refractivity contribution in [2.75, 3.05) is 12.4 Å². The topological polar surface area (TPSA) is 120 Å². The first kappa shape index (κ1) is 29.8. The lowest BCUT2D eigenvalue weighted by atomic mass is 10.0. The van der Waals surface area contributed by atoms with Gasteiger partial charge in [-0.3, -0.25) is 9.69 Å². The Labute approximate surface area is 254 Å². The second-order valence-electron chi connectivity index (χ2n) is 10.8. The number of hydrogen-bond donors (Lipinski definition) is 1. The zero-order valence-electron chi connectivity index (χ0n) is 24.0. The van der Waals surface area contributed by atoms with Crippen LogP contribution in [0.3, 0.4) is 0 Å². The molecule has 5 rings (SSSR count). The molecule has 43 heavy (non-hydrogen) atoms. The molecule has 0 radical (unpaired) electrons. The van der Waals surface area contributed by atoms with Crippen LogP contribution in [0.1, 0.15) is 38.0 Å². The smallest absolute Gasteiger partial charge is 0.408 e. The van der Waals surface area contributed by atoms with E-state index >= 15 is 0 Å². The third kappa shape index (κ3) is 7.23. The predicted octanol–water partition coefficient (Wildman–Crippen LogP) is 4.81. The lowest BCUT2D eigenvalue weighted by Crippen LogP contribution is -2.70. The average molecular weight is 601 g/mol. The molecule has 1 N–H and O–H groups in total. The molecule has 1 fully saturated rings. The average Bonchev–Trinajstić information content (AvgIpc) is 3.00. The van der Waals surface area contributed by atoms with Crippen LogP contribution in [0.15, 0.2) is 103 Å². The number of nitrogens with one attached hydrogen (secondary N) is 1. The van der Waals surface area contributed by atoms with E-state index in [1.807, 2.05) is 60.7 Å². The Kier molecular flexibility index (Phi) is 9.10. The van der Waals surface area contributed by atoms with Gasteiger partial charge in [0.1, 0.15) is 35.6 Å². The molecule has 2 aromatic carbocycles. The zero-order chi connectivity index (χ0) is 30.4. The molecule has 0 aliphatic carbocycles. The number of benzene rings is 2. The van der Waals surface area contributed by atoms with Crippen LogP contribution in [-0.2, 0) is 19.1 Å². The molecule has 2 aliphatic heterocycles. The van der Waals surface area contributed by atoms with Crippen LogP contribution < -0.4 is 10.1 Å². The fraction of sp³-hybridized carbons (Fsp3) is 0.281. The number of hydrogen-bond acceptors (Lipinski definition) is 9. The minimum absolute atomic E-state index is 0.132. The fourth-order valence-electron chi connectivity index (χ4n) is 4.64. The van der Waals surface area contributed by atoms with Crippen LogP contribution in [0.4, 0.5) is 4.79 Å². The number of ether oxygens (including phenoxy) is 3. The summed E-state index contributed by atoms with van der Waals surface area (Å²) in [7, 11) is 0. The SMILES string of the molecule is CC(C)(C)OC(=O)N[C@@H]1C(=O)N2C(C(=O)OC(c3ccccc3)c3ccccc3)=C(/C=C\COc3cncnc3)CS[C@H]12. The number of β-lactam (4-membered cyclic amide) rings is 1. The largest absolute Gasteiger partial charge is 0.486 e. The number of amides is 2. The first-order valence-electron chi connectivity index (χ1n) is 13.7. The molecule has 0 bridgehead atoms. The number of nitrogens with zero attached hydrogens (tertiary/aromatic N) is 3. The van der Waals surface area contributed by atoms with Crippen molar-refractivity contribution in [3.63, 3.8) is 0 Å². The van der Waals surface area contributed by atoms with Crippen LogP contribution in [0, 0.1) is 0 Å². The Morgan fingerprint density at radius 3 is 2.28 bits per heavy atom. The van der Waals surface area contributed by atoms with Gasteiger partial charge in [-0.2, -0.15) is 0 Å². The highest BCUT2D eigenvalue weighted by molar-refractivity contribution is 8.00. The van der Waals surface area contributed by atoms with E-state index in [9.17, 15) is 14.4 Å². The van der Waals surface area contributed by atoms with Crippen LogP contribution >= 0.6 is 11.8 Å². The van der Waals surface area contributed by atoms with E-state index < -0.39 is 41.1 Å². The number of esters is 1. The van der Waals surface area contributed by atoms with Crippen molar-refractivity contribution < 1.29 is 28.6 Å². The molecule has 11 heteroatoms. The highest BCUT2D eigenvalue weighted by Crippen LogP contribution is 2.42. The standard InChI is InChI=1S/C32H32N4O6S/c1-32(2,3)42-31(39)35-25-28(37)36-26(23(19-43-29(25)36)15-10-16-40-24-17-33-20-34-18-24)30(38)41-27(21-11-6-4-7-12-21)22-13-8-5-9-14-22/h4-15,17-18,20,25,27,29H,16,19H2,1-3H3,(H,35,39)/b15-10-/t25-,29-/m1/s1. The van der Waals surface area contributed by atoms with Gasteiger partial charge < -0.3 is 19.5 Å². The Balaban J connectivity index is 1.42. The van der Waals surface area contributed by atoms with Gasteiger partial charge in [0.2, 0.25) is 0 Å². The van der Waals surface area contributed by atoms with Crippen LogP contribution in [0.25, 0.3) is 0 Å². The minimum Gasteiger partial charge on any atom is -0.486 e. The molecule has 0 spiro atoms. The number of alkyl carbamates (subject to hydrolysis) is 1. The van der Waals surface area contributed by atoms with Gasteiger partial charge >= 0.3 is 12.1 Å². The van der Waals surface area contributed by atoms with Crippen molar-refractivity contribution in [2.24, 2.45) is 0 Å². The van der Waals surface area contributed by atoms with Crippen LogP contribution in [0.2, 0.25) is 0 Å². The van der Waals surface area contributed by atoms with E-state index in [-0.39, 0.29) is 12.3 Å². The molecular weight excluding hydrogens is 568 g/mol. The Morgan fingerprint density at radius 2 is 1.67 bits per heavy atom. The molecule has 222 valence electrons. The third-order valence-electron chi connectivity index (χ3n) is 6.50. The monoisotopic (exact) mass is 600 g/mol. The number of fused-ring (bicyclic) bond motifs is 1. The molecule has 1 saturated heterocycles. The third-order valence-corrected chi connectivity index (χ3v) is 7.80. The maximum atomic E-state index is 14.0. The van der Waals surface area contributed by atoms with Crippen molar-refractivity contribution in [1.82, 2.24) is 20.2 Å². The Bertz CT molecular complexity index is 1470. The van der Waals surface area contributed by atoms with Crippen molar-refractivity contribution >= 4 is 29.7 Å². The minimum atomic E-state index is -0.839. The lowest BCUT2D eigenvalue weighted by molar-refractivity contribution is -0.153. The van der Waals surface area contributed by atoms with E-state index in [1.54, 1.807) is 45.3 Å². The summed E-state index contributed by atoms with van der Waals surface area (Å²) in [5.41, 5.74) is 1.59. The number of aromatic nitrogens is 2. The van der Waals surface area contributed by atoms with Gasteiger partial charge in [0.25, 0.3) is 5.91 Å². The van der Waals surface area contributed by atoms with E-state index in [4.69, 9.17) is 14.2 Å². The van der Waals surface area contributed by atoms with Gasteiger partial charge in [-0.15, -0.1) is 11.8 Å². The molecule has 2 amide bonds. The van der Waals surface area contributed by atoms with Crippen LogP contribution in [0.5, 0.6) is 5.75 Å². The maximum absolute atomic E-state index is 14.0. The first-order valence-corrected chi connectivity index (χ1v) is 14.8. The zero-order valence-corrected chi connectivity index (χ0v) is 24.8. The van der Waals surface area contributed by atoms with Crippen LogP contribution in [-0.4, -0.2) is 62.2 Å². The molecule has 2 atom stereocenters. The van der Waals surface area contributed by atoms with E-state index in [0.717, 1.165) is 11.1 Å². The molecule has 3 aromatic rings. The molecule has 0 saturated carbocycles. The summed E-state index contributed by atoms with van der Waals surface area (Å²) >= 11 is 1.44. The fourth-order valence-corrected chi connectivity index (χ4v) is 5.95. The van der Waals surface area contributed by atoms with Crippen molar-refractivity contribution in [2.45, 2.75) is 43.9 Å². The van der Waals surface area contributed by atoms with E-state index in [1.165, 1.54) is 23.0 Å². The van der Waals surface area contributed by atoms with Gasteiger partial charge in [0.05, 0.1) is 12.4 Å². The summed E-state index contributed by atoms with van der Waals surface area (Å²) in [6.07, 6.45) is 6.62. The molecule has 1 aromatic heterocycles. The van der Waals surface area contributed by atoms with Gasteiger partial charge in [0.15, 0.2) is 11.9 Å². The second-order valence-corrected chi connectivity index (χ2v) is 11.9. The number of rotatable bonds is 9. The highest BCUT2D eigenvalue weighted by Gasteiger charge is 2.54. The first-order chi connectivity index (χ1) is 20.7. The summed E-state index contributed by atoms with van der Waals surface area (Å²) < 4.78 is 17.2. The van der Waals surface area contributed by atoms with Gasteiger partial charge in [-0.05, 0) is 43.5 Å². The molecule has 0 unspecified atom stereocenters. The number of carbonyl (C=O) groups is 3. The van der Waals surface area contributed by atoms with Crippen molar-refractivity contribution in [1.29, 1.82) is 0 Å². The quantitative estimate of drug-likeness (QED) is 0.273. The summed E-state index contributed by atoms with van der Waals surface area (Å²) in [4.78, 5) is 49.2. The predicted molar refractivity (Wildman–Crippen MR) is 161 cm³/mol. The number of carbonyl (C=O) groups excluding carboxylic acids is 3. The summed E-state index contributed by atoms with van der Waals surface area (Å²) in [5.74, 6) is -0.169. The summed E-state index contributed by atoms with van der Waals surface area (Å²) in [6, 6.07) is 18.0. The van der Waals surface area contributed by atoms with Gasteiger partial charge in [0, 0.05) is 5.75 Å². The normalized spacial score (nSPS) is 18.2. The molecule has 3 heterocycles. The van der Waals surface area contributed by atoms with Gasteiger partial charge in [-0.25, -0.2) is 19.6 Å². The van der Waals surface area contributed by atoms with Gasteiger partial charge in [-0.1, -0.05) is 66.7 Å². The number of thioether (sulfide) groups is 1. The van der Waals surface area contributed by atoms with Crippen molar-refractivity contribution in [3.05, 3.63) is 114 Å².